The molecule has 0 aliphatic carbocycles. The molecule has 1 unspecified atom stereocenters. The van der Waals surface area contributed by atoms with Crippen LogP contribution >= 0.6 is 11.3 Å². The molecule has 0 saturated heterocycles. The Morgan fingerprint density at radius 2 is 1.87 bits per heavy atom. The van der Waals surface area contributed by atoms with E-state index in [0.717, 1.165) is 16.8 Å². The van der Waals surface area contributed by atoms with Crippen LogP contribution in [-0.2, 0) is 0 Å². The van der Waals surface area contributed by atoms with Crippen LogP contribution in [-0.4, -0.2) is 22.6 Å². The van der Waals surface area contributed by atoms with Crippen molar-refractivity contribution in [1.29, 1.82) is 0 Å². The predicted molar refractivity (Wildman–Crippen MR) is 91.3 cm³/mol. The first-order valence-electron chi connectivity index (χ1n) is 7.23. The quantitative estimate of drug-likeness (QED) is 0.757. The van der Waals surface area contributed by atoms with Gasteiger partial charge in [0.05, 0.1) is 23.9 Å². The molecule has 1 amide bonds. The lowest BCUT2D eigenvalue weighted by Gasteiger charge is -2.16. The third-order valence-corrected chi connectivity index (χ3v) is 4.15. The van der Waals surface area contributed by atoms with E-state index in [2.05, 4.69) is 10.3 Å². The molecule has 116 valence electrons. The topological polar surface area (TPSA) is 62.2 Å². The standard InChI is InChI=1S/C18H16N2O2S/c21-10-16(13-4-2-1-3-5-13)20-18(22)15-8-6-14(7-9-15)17-11-23-12-19-17/h1-9,11-12,16,21H,10H2,(H,20,22). The van der Waals surface area contributed by atoms with Crippen molar-refractivity contribution in [3.63, 3.8) is 0 Å². The van der Waals surface area contributed by atoms with Gasteiger partial charge in [0.15, 0.2) is 0 Å². The molecule has 5 heteroatoms. The Morgan fingerprint density at radius 3 is 2.48 bits per heavy atom. The van der Waals surface area contributed by atoms with Crippen molar-refractivity contribution in [2.45, 2.75) is 6.04 Å². The summed E-state index contributed by atoms with van der Waals surface area (Å²) in [6, 6.07) is 16.3. The minimum Gasteiger partial charge on any atom is -0.394 e. The zero-order chi connectivity index (χ0) is 16.1. The smallest absolute Gasteiger partial charge is 0.251 e. The summed E-state index contributed by atoms with van der Waals surface area (Å²) in [5, 5.41) is 14.3. The third kappa shape index (κ3) is 3.64. The van der Waals surface area contributed by atoms with Crippen LogP contribution in [0.5, 0.6) is 0 Å². The van der Waals surface area contributed by atoms with Crippen molar-refractivity contribution < 1.29 is 9.90 Å². The fourth-order valence-corrected chi connectivity index (χ4v) is 2.87. The maximum absolute atomic E-state index is 12.3. The van der Waals surface area contributed by atoms with Crippen molar-refractivity contribution in [3.05, 3.63) is 76.6 Å². The van der Waals surface area contributed by atoms with Crippen LogP contribution < -0.4 is 5.32 Å². The summed E-state index contributed by atoms with van der Waals surface area (Å²) in [4.78, 5) is 16.6. The maximum atomic E-state index is 12.3. The number of hydrogen-bond donors (Lipinski definition) is 2. The number of aliphatic hydroxyl groups is 1. The van der Waals surface area contributed by atoms with Gasteiger partial charge in [0.25, 0.3) is 5.91 Å². The number of carbonyl (C=O) groups is 1. The summed E-state index contributed by atoms with van der Waals surface area (Å²) in [6.07, 6.45) is 0. The average Bonchev–Trinajstić information content (AvgIpc) is 3.15. The summed E-state index contributed by atoms with van der Waals surface area (Å²) in [5.41, 5.74) is 5.09. The SMILES string of the molecule is O=C(NC(CO)c1ccccc1)c1ccc(-c2cscn2)cc1. The number of benzene rings is 2. The number of aliphatic hydroxyl groups excluding tert-OH is 1. The van der Waals surface area contributed by atoms with Crippen molar-refractivity contribution >= 4 is 17.2 Å². The van der Waals surface area contributed by atoms with E-state index in [0.29, 0.717) is 5.56 Å². The molecule has 0 saturated carbocycles. The molecule has 0 aliphatic rings. The number of aromatic nitrogens is 1. The van der Waals surface area contributed by atoms with Crippen molar-refractivity contribution in [2.75, 3.05) is 6.61 Å². The first-order chi connectivity index (χ1) is 11.3. The third-order valence-electron chi connectivity index (χ3n) is 3.57. The van der Waals surface area contributed by atoms with E-state index in [1.54, 1.807) is 17.6 Å². The number of nitrogens with one attached hydrogen (secondary N) is 1. The van der Waals surface area contributed by atoms with Gasteiger partial charge in [-0.3, -0.25) is 4.79 Å². The van der Waals surface area contributed by atoms with E-state index in [1.807, 2.05) is 47.8 Å². The van der Waals surface area contributed by atoms with Crippen LogP contribution in [0, 0.1) is 0 Å². The molecule has 3 aromatic rings. The van der Waals surface area contributed by atoms with Gasteiger partial charge in [-0.2, -0.15) is 0 Å². The summed E-state index contributed by atoms with van der Waals surface area (Å²) < 4.78 is 0. The van der Waals surface area contributed by atoms with Gasteiger partial charge in [-0.15, -0.1) is 11.3 Å². The highest BCUT2D eigenvalue weighted by Gasteiger charge is 2.14. The van der Waals surface area contributed by atoms with Gasteiger partial charge in [-0.1, -0.05) is 42.5 Å². The highest BCUT2D eigenvalue weighted by atomic mass is 32.1. The van der Waals surface area contributed by atoms with E-state index < -0.39 is 6.04 Å². The average molecular weight is 324 g/mol. The van der Waals surface area contributed by atoms with Crippen LogP contribution in [0.4, 0.5) is 0 Å². The zero-order valence-corrected chi connectivity index (χ0v) is 13.2. The number of amides is 1. The zero-order valence-electron chi connectivity index (χ0n) is 12.3. The van der Waals surface area contributed by atoms with E-state index in [-0.39, 0.29) is 12.5 Å². The molecule has 0 aliphatic heterocycles. The molecule has 2 aromatic carbocycles. The Labute approximate surface area is 138 Å². The van der Waals surface area contributed by atoms with Gasteiger partial charge in [0, 0.05) is 16.5 Å². The molecule has 1 atom stereocenters. The van der Waals surface area contributed by atoms with E-state index in [1.165, 1.54) is 11.3 Å². The predicted octanol–water partition coefficient (Wildman–Crippen LogP) is 3.27. The second-order valence-electron chi connectivity index (χ2n) is 5.07. The summed E-state index contributed by atoms with van der Waals surface area (Å²) in [7, 11) is 0. The van der Waals surface area contributed by atoms with Crippen molar-refractivity contribution in [1.82, 2.24) is 10.3 Å². The second kappa shape index (κ2) is 7.17. The molecule has 0 radical (unpaired) electrons. The fourth-order valence-electron chi connectivity index (χ4n) is 2.31. The van der Waals surface area contributed by atoms with Gasteiger partial charge < -0.3 is 10.4 Å². The van der Waals surface area contributed by atoms with Crippen LogP contribution in [0.1, 0.15) is 22.0 Å². The summed E-state index contributed by atoms with van der Waals surface area (Å²) in [6.45, 7) is -0.146. The van der Waals surface area contributed by atoms with Crippen LogP contribution in [0.15, 0.2) is 65.5 Å². The van der Waals surface area contributed by atoms with Crippen LogP contribution in [0.2, 0.25) is 0 Å². The molecule has 23 heavy (non-hydrogen) atoms. The first-order valence-corrected chi connectivity index (χ1v) is 8.17. The highest BCUT2D eigenvalue weighted by molar-refractivity contribution is 7.07. The van der Waals surface area contributed by atoms with Crippen molar-refractivity contribution in [3.8, 4) is 11.3 Å². The second-order valence-corrected chi connectivity index (χ2v) is 5.79. The monoisotopic (exact) mass is 324 g/mol. The number of rotatable bonds is 5. The summed E-state index contributed by atoms with van der Waals surface area (Å²) in [5.74, 6) is -0.210. The molecular formula is C18H16N2O2S. The Morgan fingerprint density at radius 1 is 1.13 bits per heavy atom. The van der Waals surface area contributed by atoms with Crippen LogP contribution in [0.25, 0.3) is 11.3 Å². The first kappa shape index (κ1) is 15.4. The molecule has 2 N–H and O–H groups in total. The number of carbonyl (C=O) groups excluding carboxylic acids is 1. The van der Waals surface area contributed by atoms with Gasteiger partial charge in [-0.25, -0.2) is 4.98 Å². The fraction of sp³-hybridized carbons (Fsp3) is 0.111. The van der Waals surface area contributed by atoms with Gasteiger partial charge in [-0.05, 0) is 17.7 Å². The van der Waals surface area contributed by atoms with Gasteiger partial charge >= 0.3 is 0 Å². The molecule has 0 bridgehead atoms. The minimum absolute atomic E-state index is 0.146. The highest BCUT2D eigenvalue weighted by Crippen LogP contribution is 2.20. The summed E-state index contributed by atoms with van der Waals surface area (Å²) >= 11 is 1.54. The molecule has 1 aromatic heterocycles. The van der Waals surface area contributed by atoms with Gasteiger partial charge in [0.1, 0.15) is 0 Å². The Kier molecular flexibility index (Phi) is 4.80. The van der Waals surface area contributed by atoms with Crippen molar-refractivity contribution in [2.24, 2.45) is 0 Å². The number of nitrogens with zero attached hydrogens (tertiary/aromatic N) is 1. The van der Waals surface area contributed by atoms with E-state index in [4.69, 9.17) is 0 Å². The molecular weight excluding hydrogens is 308 g/mol. The minimum atomic E-state index is -0.415. The maximum Gasteiger partial charge on any atom is 0.251 e. The number of hydrogen-bond acceptors (Lipinski definition) is 4. The van der Waals surface area contributed by atoms with E-state index >= 15 is 0 Å². The Hall–Kier alpha value is -2.50. The number of thiazole rings is 1. The molecule has 0 fully saturated rings. The van der Waals surface area contributed by atoms with E-state index in [9.17, 15) is 9.90 Å². The molecule has 0 spiro atoms. The Bertz CT molecular complexity index is 755. The Balaban J connectivity index is 1.72. The molecule has 1 heterocycles. The van der Waals surface area contributed by atoms with Crippen LogP contribution in [0.3, 0.4) is 0 Å². The molecule has 4 nitrogen and oxygen atoms in total. The lowest BCUT2D eigenvalue weighted by molar-refractivity contribution is 0.0916. The lowest BCUT2D eigenvalue weighted by Crippen LogP contribution is -2.30. The lowest BCUT2D eigenvalue weighted by atomic mass is 10.1. The largest absolute Gasteiger partial charge is 0.394 e. The normalized spacial score (nSPS) is 11.9. The molecule has 3 rings (SSSR count). The van der Waals surface area contributed by atoms with Gasteiger partial charge in [0.2, 0.25) is 0 Å².